The van der Waals surface area contributed by atoms with Crippen molar-refractivity contribution in [3.8, 4) is 0 Å². The standard InChI is InChI=1S/C10H20Cl2O/c1-9(2,3)13-6-5-10(4,7-11)8-12/h5-8H2,1-4H3. The number of hydrogen-bond acceptors (Lipinski definition) is 1. The molecule has 0 spiro atoms. The smallest absolute Gasteiger partial charge is 0.0598 e. The van der Waals surface area contributed by atoms with E-state index < -0.39 is 0 Å². The molecule has 0 saturated carbocycles. The normalized spacial score (nSPS) is 13.4. The molecule has 1 nitrogen and oxygen atoms in total. The van der Waals surface area contributed by atoms with Gasteiger partial charge < -0.3 is 4.74 Å². The van der Waals surface area contributed by atoms with Crippen molar-refractivity contribution >= 4 is 23.2 Å². The van der Waals surface area contributed by atoms with E-state index in [1.54, 1.807) is 0 Å². The van der Waals surface area contributed by atoms with Crippen LogP contribution in [0.5, 0.6) is 0 Å². The zero-order valence-electron chi connectivity index (χ0n) is 8.99. The summed E-state index contributed by atoms with van der Waals surface area (Å²) in [6.45, 7) is 8.95. The number of hydrogen-bond donors (Lipinski definition) is 0. The lowest BCUT2D eigenvalue weighted by Gasteiger charge is -2.27. The van der Waals surface area contributed by atoms with E-state index in [9.17, 15) is 0 Å². The molecule has 0 heterocycles. The summed E-state index contributed by atoms with van der Waals surface area (Å²) in [7, 11) is 0. The average molecular weight is 227 g/mol. The molecule has 0 rings (SSSR count). The van der Waals surface area contributed by atoms with Gasteiger partial charge in [-0.15, -0.1) is 23.2 Å². The van der Waals surface area contributed by atoms with Crippen LogP contribution in [0.4, 0.5) is 0 Å². The first-order valence-electron chi connectivity index (χ1n) is 4.59. The lowest BCUT2D eigenvalue weighted by Crippen LogP contribution is -2.26. The topological polar surface area (TPSA) is 9.23 Å². The van der Waals surface area contributed by atoms with Gasteiger partial charge in [-0.1, -0.05) is 6.92 Å². The van der Waals surface area contributed by atoms with Gasteiger partial charge in [0, 0.05) is 18.4 Å². The van der Waals surface area contributed by atoms with Crippen molar-refractivity contribution < 1.29 is 4.74 Å². The fourth-order valence-corrected chi connectivity index (χ4v) is 1.33. The largest absolute Gasteiger partial charge is 0.376 e. The molecule has 0 bridgehead atoms. The van der Waals surface area contributed by atoms with E-state index in [1.165, 1.54) is 0 Å². The van der Waals surface area contributed by atoms with Crippen molar-refractivity contribution in [1.29, 1.82) is 0 Å². The van der Waals surface area contributed by atoms with Gasteiger partial charge in [-0.3, -0.25) is 0 Å². The Bertz CT molecular complexity index is 136. The van der Waals surface area contributed by atoms with Crippen LogP contribution in [0.3, 0.4) is 0 Å². The second-order valence-corrected chi connectivity index (χ2v) is 5.32. The third-order valence-electron chi connectivity index (χ3n) is 1.89. The highest BCUT2D eigenvalue weighted by Gasteiger charge is 2.22. The molecule has 0 saturated heterocycles. The molecule has 80 valence electrons. The quantitative estimate of drug-likeness (QED) is 0.651. The Morgan fingerprint density at radius 1 is 1.00 bits per heavy atom. The molecule has 0 aromatic rings. The molecule has 0 aromatic heterocycles. The van der Waals surface area contributed by atoms with Gasteiger partial charge in [0.25, 0.3) is 0 Å². The van der Waals surface area contributed by atoms with E-state index in [-0.39, 0.29) is 11.0 Å². The van der Waals surface area contributed by atoms with Crippen molar-refractivity contribution in [3.05, 3.63) is 0 Å². The second-order valence-electron chi connectivity index (χ2n) is 4.79. The van der Waals surface area contributed by atoms with Crippen LogP contribution in [-0.4, -0.2) is 24.0 Å². The molecular formula is C10H20Cl2O. The van der Waals surface area contributed by atoms with Crippen molar-refractivity contribution in [3.63, 3.8) is 0 Å². The van der Waals surface area contributed by atoms with Gasteiger partial charge in [0.1, 0.15) is 0 Å². The summed E-state index contributed by atoms with van der Waals surface area (Å²) in [6.07, 6.45) is 0.914. The summed E-state index contributed by atoms with van der Waals surface area (Å²) in [4.78, 5) is 0. The molecular weight excluding hydrogens is 207 g/mol. The molecule has 0 fully saturated rings. The molecule has 0 aliphatic carbocycles. The Kier molecular flexibility index (Phi) is 5.65. The van der Waals surface area contributed by atoms with Gasteiger partial charge in [0.15, 0.2) is 0 Å². The van der Waals surface area contributed by atoms with E-state index in [4.69, 9.17) is 27.9 Å². The highest BCUT2D eigenvalue weighted by molar-refractivity contribution is 6.21. The minimum atomic E-state index is -0.0699. The highest BCUT2D eigenvalue weighted by Crippen LogP contribution is 2.25. The zero-order chi connectivity index (χ0) is 10.5. The van der Waals surface area contributed by atoms with Crippen LogP contribution in [0, 0.1) is 5.41 Å². The fraction of sp³-hybridized carbons (Fsp3) is 1.00. The molecule has 0 aromatic carbocycles. The fourth-order valence-electron chi connectivity index (χ4n) is 0.773. The van der Waals surface area contributed by atoms with E-state index >= 15 is 0 Å². The molecule has 0 N–H and O–H groups in total. The first-order valence-corrected chi connectivity index (χ1v) is 5.66. The molecule has 0 amide bonds. The van der Waals surface area contributed by atoms with Crippen LogP contribution in [0.2, 0.25) is 0 Å². The van der Waals surface area contributed by atoms with Crippen LogP contribution in [0.15, 0.2) is 0 Å². The summed E-state index contributed by atoms with van der Waals surface area (Å²) in [5, 5.41) is 0. The van der Waals surface area contributed by atoms with Gasteiger partial charge in [0.2, 0.25) is 0 Å². The predicted octanol–water partition coefficient (Wildman–Crippen LogP) is 3.68. The maximum absolute atomic E-state index is 5.82. The number of halogens is 2. The lowest BCUT2D eigenvalue weighted by molar-refractivity contribution is -0.0134. The number of rotatable bonds is 5. The van der Waals surface area contributed by atoms with E-state index in [2.05, 4.69) is 6.92 Å². The van der Waals surface area contributed by atoms with Gasteiger partial charge in [-0.05, 0) is 32.6 Å². The summed E-state index contributed by atoms with van der Waals surface area (Å²) in [5.41, 5.74) is -0.0616. The van der Waals surface area contributed by atoms with Gasteiger partial charge in [-0.2, -0.15) is 0 Å². The minimum absolute atomic E-state index is 0.00829. The van der Waals surface area contributed by atoms with Crippen LogP contribution in [0.25, 0.3) is 0 Å². The molecule has 0 aliphatic heterocycles. The van der Waals surface area contributed by atoms with Gasteiger partial charge in [-0.25, -0.2) is 0 Å². The summed E-state index contributed by atoms with van der Waals surface area (Å²) in [5.74, 6) is 1.17. The highest BCUT2D eigenvalue weighted by atomic mass is 35.5. The molecule has 3 heteroatoms. The van der Waals surface area contributed by atoms with Crippen molar-refractivity contribution in [2.75, 3.05) is 18.4 Å². The third kappa shape index (κ3) is 6.59. The lowest BCUT2D eigenvalue weighted by atomic mass is 9.92. The Morgan fingerprint density at radius 2 is 1.46 bits per heavy atom. The molecule has 13 heavy (non-hydrogen) atoms. The second kappa shape index (κ2) is 5.43. The Morgan fingerprint density at radius 3 is 1.77 bits per heavy atom. The average Bonchev–Trinajstić information content (AvgIpc) is 2.02. The molecule has 0 atom stereocenters. The Labute approximate surface area is 91.7 Å². The maximum atomic E-state index is 5.82. The van der Waals surface area contributed by atoms with Crippen molar-refractivity contribution in [2.45, 2.75) is 39.7 Å². The molecule has 0 unspecified atom stereocenters. The predicted molar refractivity (Wildman–Crippen MR) is 59.9 cm³/mol. The summed E-state index contributed by atoms with van der Waals surface area (Å²) in [6, 6.07) is 0. The van der Waals surface area contributed by atoms with Crippen molar-refractivity contribution in [2.24, 2.45) is 5.41 Å². The SMILES string of the molecule is CC(CCl)(CCl)CCOC(C)(C)C. The number of ether oxygens (including phenoxy) is 1. The van der Waals surface area contributed by atoms with Crippen LogP contribution < -0.4 is 0 Å². The van der Waals surface area contributed by atoms with Crippen molar-refractivity contribution in [1.82, 2.24) is 0 Å². The van der Waals surface area contributed by atoms with Crippen LogP contribution in [-0.2, 0) is 4.74 Å². The van der Waals surface area contributed by atoms with E-state index in [0.29, 0.717) is 11.8 Å². The molecule has 0 aliphatic rings. The van der Waals surface area contributed by atoms with Crippen LogP contribution >= 0.6 is 23.2 Å². The molecule has 0 radical (unpaired) electrons. The first-order chi connectivity index (χ1) is 5.83. The minimum Gasteiger partial charge on any atom is -0.376 e. The van der Waals surface area contributed by atoms with Crippen LogP contribution in [0.1, 0.15) is 34.1 Å². The van der Waals surface area contributed by atoms with E-state index in [1.807, 2.05) is 20.8 Å². The maximum Gasteiger partial charge on any atom is 0.0598 e. The number of alkyl halides is 2. The summed E-state index contributed by atoms with van der Waals surface area (Å²) >= 11 is 11.6. The van der Waals surface area contributed by atoms with Gasteiger partial charge >= 0.3 is 0 Å². The Balaban J connectivity index is 3.74. The Hall–Kier alpha value is 0.540. The summed E-state index contributed by atoms with van der Waals surface area (Å²) < 4.78 is 5.61. The monoisotopic (exact) mass is 226 g/mol. The third-order valence-corrected chi connectivity index (χ3v) is 3.18. The van der Waals surface area contributed by atoms with E-state index in [0.717, 1.165) is 13.0 Å². The first kappa shape index (κ1) is 13.5. The zero-order valence-corrected chi connectivity index (χ0v) is 10.5. The van der Waals surface area contributed by atoms with Gasteiger partial charge in [0.05, 0.1) is 5.60 Å².